The molecule has 0 heterocycles. The molecule has 0 bridgehead atoms. The lowest BCUT2D eigenvalue weighted by atomic mass is 10.1. The minimum Gasteiger partial charge on any atom is -0.355 e. The van der Waals surface area contributed by atoms with Gasteiger partial charge in [0.15, 0.2) is 0 Å². The van der Waals surface area contributed by atoms with Gasteiger partial charge < -0.3 is 10.6 Å². The van der Waals surface area contributed by atoms with E-state index in [1.54, 1.807) is 12.1 Å². The van der Waals surface area contributed by atoms with Crippen LogP contribution in [0.1, 0.15) is 5.56 Å². The molecule has 0 aliphatic heterocycles. The van der Waals surface area contributed by atoms with E-state index in [4.69, 9.17) is 0 Å². The second-order valence-corrected chi connectivity index (χ2v) is 5.42. The number of nitrogens with one attached hydrogen (secondary N) is 2. The van der Waals surface area contributed by atoms with Crippen molar-refractivity contribution < 1.29 is 9.18 Å². The summed E-state index contributed by atoms with van der Waals surface area (Å²) in [6.45, 7) is 0. The fraction of sp³-hybridized carbons (Fsp3) is 0.0500. The normalized spacial score (nSPS) is 10.2. The van der Waals surface area contributed by atoms with Crippen LogP contribution in [0.25, 0.3) is 0 Å². The summed E-state index contributed by atoms with van der Waals surface area (Å²) in [5, 5.41) is 5.98. The SMILES string of the molecule is O=C(Cc1ccccc1)Nc1ccc(Nc2cccc(F)c2)cc1. The van der Waals surface area contributed by atoms with Crippen LogP contribution in [0.2, 0.25) is 0 Å². The molecule has 0 aliphatic carbocycles. The van der Waals surface area contributed by atoms with E-state index in [1.165, 1.54) is 12.1 Å². The van der Waals surface area contributed by atoms with E-state index in [0.29, 0.717) is 12.1 Å². The van der Waals surface area contributed by atoms with E-state index in [1.807, 2.05) is 54.6 Å². The van der Waals surface area contributed by atoms with Crippen LogP contribution in [0.3, 0.4) is 0 Å². The Bertz CT molecular complexity index is 817. The summed E-state index contributed by atoms with van der Waals surface area (Å²) in [4.78, 5) is 12.0. The highest BCUT2D eigenvalue weighted by atomic mass is 19.1. The van der Waals surface area contributed by atoms with Gasteiger partial charge in [-0.3, -0.25) is 4.79 Å². The molecule has 3 aromatic rings. The maximum atomic E-state index is 13.2. The molecule has 3 nitrogen and oxygen atoms in total. The topological polar surface area (TPSA) is 41.1 Å². The zero-order chi connectivity index (χ0) is 16.8. The molecule has 0 fully saturated rings. The summed E-state index contributed by atoms with van der Waals surface area (Å²) >= 11 is 0. The highest BCUT2D eigenvalue weighted by molar-refractivity contribution is 5.92. The molecular formula is C20H17FN2O. The lowest BCUT2D eigenvalue weighted by molar-refractivity contribution is -0.115. The third-order valence-electron chi connectivity index (χ3n) is 3.49. The first-order chi connectivity index (χ1) is 11.7. The Labute approximate surface area is 140 Å². The second-order valence-electron chi connectivity index (χ2n) is 5.42. The summed E-state index contributed by atoms with van der Waals surface area (Å²) in [7, 11) is 0. The number of anilines is 3. The summed E-state index contributed by atoms with van der Waals surface area (Å²) in [5.41, 5.74) is 3.19. The Hall–Kier alpha value is -3.14. The molecule has 120 valence electrons. The Morgan fingerprint density at radius 3 is 2.21 bits per heavy atom. The van der Waals surface area contributed by atoms with Gasteiger partial charge in [0.25, 0.3) is 0 Å². The molecule has 24 heavy (non-hydrogen) atoms. The van der Waals surface area contributed by atoms with Gasteiger partial charge in [0, 0.05) is 17.1 Å². The van der Waals surface area contributed by atoms with Crippen LogP contribution in [-0.4, -0.2) is 5.91 Å². The maximum Gasteiger partial charge on any atom is 0.228 e. The van der Waals surface area contributed by atoms with E-state index < -0.39 is 0 Å². The molecule has 4 heteroatoms. The van der Waals surface area contributed by atoms with Crippen molar-refractivity contribution in [2.75, 3.05) is 10.6 Å². The molecule has 0 saturated heterocycles. The van der Waals surface area contributed by atoms with E-state index in [-0.39, 0.29) is 11.7 Å². The molecule has 0 aliphatic rings. The first-order valence-corrected chi connectivity index (χ1v) is 7.65. The average Bonchev–Trinajstić information content (AvgIpc) is 2.57. The summed E-state index contributed by atoms with van der Waals surface area (Å²) in [6.07, 6.45) is 0.337. The van der Waals surface area contributed by atoms with Crippen molar-refractivity contribution in [3.05, 3.63) is 90.2 Å². The molecule has 0 aromatic heterocycles. The fourth-order valence-corrected chi connectivity index (χ4v) is 2.36. The van der Waals surface area contributed by atoms with E-state index in [0.717, 1.165) is 16.9 Å². The van der Waals surface area contributed by atoms with E-state index in [9.17, 15) is 9.18 Å². The molecule has 0 atom stereocenters. The largest absolute Gasteiger partial charge is 0.355 e. The quantitative estimate of drug-likeness (QED) is 0.712. The molecule has 3 aromatic carbocycles. The number of rotatable bonds is 5. The molecule has 1 amide bonds. The monoisotopic (exact) mass is 320 g/mol. The van der Waals surface area contributed by atoms with Crippen molar-refractivity contribution in [3.8, 4) is 0 Å². The average molecular weight is 320 g/mol. The van der Waals surface area contributed by atoms with Crippen molar-refractivity contribution in [2.24, 2.45) is 0 Å². The van der Waals surface area contributed by atoms with Crippen LogP contribution in [0.5, 0.6) is 0 Å². The van der Waals surface area contributed by atoms with Crippen molar-refractivity contribution >= 4 is 23.0 Å². The van der Waals surface area contributed by atoms with Crippen LogP contribution in [-0.2, 0) is 11.2 Å². The zero-order valence-corrected chi connectivity index (χ0v) is 13.0. The lowest BCUT2D eigenvalue weighted by Gasteiger charge is -2.09. The summed E-state index contributed by atoms with van der Waals surface area (Å²) in [6, 6.07) is 23.1. The van der Waals surface area contributed by atoms with Crippen LogP contribution in [0, 0.1) is 5.82 Å². The standard InChI is InChI=1S/C20H17FN2O/c21-16-7-4-8-19(14-16)22-17-9-11-18(12-10-17)23-20(24)13-15-5-2-1-3-6-15/h1-12,14,22H,13H2,(H,23,24). The van der Waals surface area contributed by atoms with Gasteiger partial charge in [0.05, 0.1) is 6.42 Å². The Morgan fingerprint density at radius 1 is 0.792 bits per heavy atom. The van der Waals surface area contributed by atoms with Crippen molar-refractivity contribution in [2.45, 2.75) is 6.42 Å². The van der Waals surface area contributed by atoms with Gasteiger partial charge in [-0.05, 0) is 48.0 Å². The number of carbonyl (C=O) groups is 1. The Morgan fingerprint density at radius 2 is 1.50 bits per heavy atom. The number of hydrogen-bond donors (Lipinski definition) is 2. The van der Waals surface area contributed by atoms with Crippen LogP contribution < -0.4 is 10.6 Å². The van der Waals surface area contributed by atoms with Crippen molar-refractivity contribution in [1.82, 2.24) is 0 Å². The summed E-state index contributed by atoms with van der Waals surface area (Å²) in [5.74, 6) is -0.350. The lowest BCUT2D eigenvalue weighted by Crippen LogP contribution is -2.14. The first kappa shape index (κ1) is 15.7. The number of hydrogen-bond acceptors (Lipinski definition) is 2. The zero-order valence-electron chi connectivity index (χ0n) is 13.0. The smallest absolute Gasteiger partial charge is 0.228 e. The molecular weight excluding hydrogens is 303 g/mol. The maximum absolute atomic E-state index is 13.2. The second kappa shape index (κ2) is 7.42. The van der Waals surface area contributed by atoms with Gasteiger partial charge in [-0.15, -0.1) is 0 Å². The van der Waals surface area contributed by atoms with Gasteiger partial charge in [-0.2, -0.15) is 0 Å². The van der Waals surface area contributed by atoms with E-state index in [2.05, 4.69) is 10.6 Å². The molecule has 2 N–H and O–H groups in total. The van der Waals surface area contributed by atoms with Gasteiger partial charge in [-0.1, -0.05) is 36.4 Å². The number of benzene rings is 3. The highest BCUT2D eigenvalue weighted by Crippen LogP contribution is 2.19. The molecule has 0 radical (unpaired) electrons. The third kappa shape index (κ3) is 4.43. The van der Waals surface area contributed by atoms with Crippen molar-refractivity contribution in [1.29, 1.82) is 0 Å². The van der Waals surface area contributed by atoms with Crippen LogP contribution in [0.15, 0.2) is 78.9 Å². The van der Waals surface area contributed by atoms with Crippen LogP contribution in [0.4, 0.5) is 21.5 Å². The predicted molar refractivity (Wildman–Crippen MR) is 94.9 cm³/mol. The minimum atomic E-state index is -0.287. The van der Waals surface area contributed by atoms with Gasteiger partial charge in [0.1, 0.15) is 5.82 Å². The predicted octanol–water partition coefficient (Wildman–Crippen LogP) is 4.75. The molecule has 3 rings (SSSR count). The number of carbonyl (C=O) groups excluding carboxylic acids is 1. The van der Waals surface area contributed by atoms with E-state index >= 15 is 0 Å². The Kier molecular flexibility index (Phi) is 4.87. The number of amides is 1. The van der Waals surface area contributed by atoms with Crippen LogP contribution >= 0.6 is 0 Å². The van der Waals surface area contributed by atoms with Gasteiger partial charge in [0.2, 0.25) is 5.91 Å². The molecule has 0 unspecified atom stereocenters. The Balaban J connectivity index is 1.59. The van der Waals surface area contributed by atoms with Crippen molar-refractivity contribution in [3.63, 3.8) is 0 Å². The molecule has 0 saturated carbocycles. The summed E-state index contributed by atoms with van der Waals surface area (Å²) < 4.78 is 13.2. The fourth-order valence-electron chi connectivity index (χ4n) is 2.36. The van der Waals surface area contributed by atoms with Gasteiger partial charge in [-0.25, -0.2) is 4.39 Å². The minimum absolute atomic E-state index is 0.0629. The first-order valence-electron chi connectivity index (χ1n) is 7.65. The molecule has 0 spiro atoms. The third-order valence-corrected chi connectivity index (χ3v) is 3.49. The van der Waals surface area contributed by atoms with Gasteiger partial charge >= 0.3 is 0 Å². The number of halogens is 1. The highest BCUT2D eigenvalue weighted by Gasteiger charge is 2.04.